The van der Waals surface area contributed by atoms with E-state index in [4.69, 9.17) is 0 Å². The molecule has 1 nitrogen and oxygen atoms in total. The molecule has 18 heavy (non-hydrogen) atoms. The molecule has 0 saturated heterocycles. The Morgan fingerprint density at radius 1 is 1.06 bits per heavy atom. The maximum absolute atomic E-state index is 13.4. The predicted molar refractivity (Wildman–Crippen MR) is 70.4 cm³/mol. The van der Waals surface area contributed by atoms with Gasteiger partial charge in [-0.3, -0.25) is 4.79 Å². The van der Waals surface area contributed by atoms with Crippen LogP contribution >= 0.6 is 0 Å². The minimum atomic E-state index is -0.329. The van der Waals surface area contributed by atoms with Gasteiger partial charge in [0.2, 0.25) is 0 Å². The number of benzene rings is 2. The molecular formula is C16H15FO. The summed E-state index contributed by atoms with van der Waals surface area (Å²) >= 11 is 0. The molecule has 0 fully saturated rings. The highest BCUT2D eigenvalue weighted by Gasteiger charge is 2.09. The normalized spacial score (nSPS) is 10.4. The van der Waals surface area contributed by atoms with Crippen LogP contribution in [0.4, 0.5) is 4.39 Å². The fourth-order valence-corrected chi connectivity index (χ4v) is 1.76. The summed E-state index contributed by atoms with van der Waals surface area (Å²) < 4.78 is 13.4. The number of carbonyl (C=O) groups excluding carboxylic acids is 1. The highest BCUT2D eigenvalue weighted by Crippen LogP contribution is 2.13. The largest absolute Gasteiger partial charge is 0.294 e. The zero-order valence-corrected chi connectivity index (χ0v) is 10.5. The lowest BCUT2D eigenvalue weighted by Crippen LogP contribution is -2.04. The average Bonchev–Trinajstić information content (AvgIpc) is 2.35. The van der Waals surface area contributed by atoms with Crippen LogP contribution in [0, 0.1) is 19.7 Å². The van der Waals surface area contributed by atoms with E-state index >= 15 is 0 Å². The second kappa shape index (κ2) is 5.13. The topological polar surface area (TPSA) is 17.1 Å². The zero-order chi connectivity index (χ0) is 13.1. The second-order valence-corrected chi connectivity index (χ2v) is 4.55. The van der Waals surface area contributed by atoms with Crippen LogP contribution in [-0.4, -0.2) is 5.78 Å². The van der Waals surface area contributed by atoms with Crippen LogP contribution < -0.4 is 0 Å². The summed E-state index contributed by atoms with van der Waals surface area (Å²) in [5, 5.41) is 0. The zero-order valence-electron chi connectivity index (χ0n) is 10.5. The maximum Gasteiger partial charge on any atom is 0.167 e. The standard InChI is InChI=1S/C16H15FO/c1-11-3-6-13(7-4-11)9-16(18)14-8-5-12(2)15(17)10-14/h3-8,10H,9H2,1-2H3. The fraction of sp³-hybridized carbons (Fsp3) is 0.188. The Balaban J connectivity index is 2.16. The van der Waals surface area contributed by atoms with Crippen molar-refractivity contribution in [1.82, 2.24) is 0 Å². The molecule has 0 aliphatic carbocycles. The average molecular weight is 242 g/mol. The van der Waals surface area contributed by atoms with Crippen LogP contribution in [-0.2, 0) is 6.42 Å². The van der Waals surface area contributed by atoms with Gasteiger partial charge in [0, 0.05) is 12.0 Å². The molecule has 2 heteroatoms. The van der Waals surface area contributed by atoms with Crippen LogP contribution in [0.5, 0.6) is 0 Å². The smallest absolute Gasteiger partial charge is 0.167 e. The first-order valence-corrected chi connectivity index (χ1v) is 5.91. The lowest BCUT2D eigenvalue weighted by Gasteiger charge is -2.04. The third kappa shape index (κ3) is 2.83. The first-order valence-electron chi connectivity index (χ1n) is 5.91. The van der Waals surface area contributed by atoms with Gasteiger partial charge in [-0.05, 0) is 31.0 Å². The molecule has 0 aromatic heterocycles. The van der Waals surface area contributed by atoms with Crippen molar-refractivity contribution < 1.29 is 9.18 Å². The van der Waals surface area contributed by atoms with Crippen LogP contribution in [0.3, 0.4) is 0 Å². The molecule has 92 valence electrons. The lowest BCUT2D eigenvalue weighted by molar-refractivity contribution is 0.0992. The summed E-state index contributed by atoms with van der Waals surface area (Å²) in [4.78, 5) is 12.0. The number of Topliss-reactive ketones (excluding diaryl/α,β-unsaturated/α-hetero) is 1. The van der Waals surface area contributed by atoms with Crippen molar-refractivity contribution in [1.29, 1.82) is 0 Å². The van der Waals surface area contributed by atoms with Crippen LogP contribution in [0.1, 0.15) is 27.0 Å². The Bertz CT molecular complexity index is 570. The molecular weight excluding hydrogens is 227 g/mol. The van der Waals surface area contributed by atoms with E-state index in [1.165, 1.54) is 6.07 Å². The maximum atomic E-state index is 13.4. The number of hydrogen-bond donors (Lipinski definition) is 0. The van der Waals surface area contributed by atoms with Crippen molar-refractivity contribution in [3.05, 3.63) is 70.5 Å². The highest BCUT2D eigenvalue weighted by molar-refractivity contribution is 5.97. The first-order chi connectivity index (χ1) is 8.56. The van der Waals surface area contributed by atoms with E-state index in [-0.39, 0.29) is 11.6 Å². The molecule has 0 atom stereocenters. The van der Waals surface area contributed by atoms with Gasteiger partial charge < -0.3 is 0 Å². The number of halogens is 1. The van der Waals surface area contributed by atoms with E-state index in [9.17, 15) is 9.18 Å². The Hall–Kier alpha value is -1.96. The summed E-state index contributed by atoms with van der Waals surface area (Å²) in [6.07, 6.45) is 0.308. The van der Waals surface area contributed by atoms with E-state index in [1.807, 2.05) is 31.2 Å². The Morgan fingerprint density at radius 3 is 2.33 bits per heavy atom. The quantitative estimate of drug-likeness (QED) is 0.747. The minimum Gasteiger partial charge on any atom is -0.294 e. The predicted octanol–water partition coefficient (Wildman–Crippen LogP) is 3.87. The van der Waals surface area contributed by atoms with Gasteiger partial charge in [0.25, 0.3) is 0 Å². The molecule has 0 heterocycles. The molecule has 0 spiro atoms. The molecule has 2 rings (SSSR count). The van der Waals surface area contributed by atoms with Crippen molar-refractivity contribution in [3.8, 4) is 0 Å². The molecule has 2 aromatic carbocycles. The lowest BCUT2D eigenvalue weighted by atomic mass is 10.0. The van der Waals surface area contributed by atoms with Gasteiger partial charge in [-0.25, -0.2) is 4.39 Å². The van der Waals surface area contributed by atoms with Gasteiger partial charge >= 0.3 is 0 Å². The van der Waals surface area contributed by atoms with Crippen molar-refractivity contribution in [3.63, 3.8) is 0 Å². The van der Waals surface area contributed by atoms with Gasteiger partial charge in [0.1, 0.15) is 5.82 Å². The number of aryl methyl sites for hydroxylation is 2. The summed E-state index contributed by atoms with van der Waals surface area (Å²) in [7, 11) is 0. The highest BCUT2D eigenvalue weighted by atomic mass is 19.1. The van der Waals surface area contributed by atoms with E-state index in [0.29, 0.717) is 17.5 Å². The van der Waals surface area contributed by atoms with Crippen molar-refractivity contribution in [2.24, 2.45) is 0 Å². The van der Waals surface area contributed by atoms with Crippen molar-refractivity contribution in [2.45, 2.75) is 20.3 Å². The van der Waals surface area contributed by atoms with Crippen molar-refractivity contribution >= 4 is 5.78 Å². The molecule has 0 bridgehead atoms. The summed E-state index contributed by atoms with van der Waals surface area (Å²) in [5.41, 5.74) is 3.10. The molecule has 0 saturated carbocycles. The summed E-state index contributed by atoms with van der Waals surface area (Å²) in [6.45, 7) is 3.69. The fourth-order valence-electron chi connectivity index (χ4n) is 1.76. The van der Waals surface area contributed by atoms with Gasteiger partial charge in [-0.1, -0.05) is 42.0 Å². The van der Waals surface area contributed by atoms with E-state index < -0.39 is 0 Å². The third-order valence-corrected chi connectivity index (χ3v) is 2.98. The van der Waals surface area contributed by atoms with E-state index in [1.54, 1.807) is 19.1 Å². The molecule has 0 aliphatic rings. The van der Waals surface area contributed by atoms with Crippen LogP contribution in [0.25, 0.3) is 0 Å². The summed E-state index contributed by atoms with van der Waals surface area (Å²) in [6, 6.07) is 12.4. The minimum absolute atomic E-state index is 0.0576. The number of ketones is 1. The van der Waals surface area contributed by atoms with Crippen molar-refractivity contribution in [2.75, 3.05) is 0 Å². The number of hydrogen-bond acceptors (Lipinski definition) is 1. The Labute approximate surface area is 106 Å². The molecule has 0 unspecified atom stereocenters. The monoisotopic (exact) mass is 242 g/mol. The van der Waals surface area contributed by atoms with Gasteiger partial charge in [0.05, 0.1) is 0 Å². The van der Waals surface area contributed by atoms with Gasteiger partial charge in [-0.2, -0.15) is 0 Å². The first kappa shape index (κ1) is 12.5. The molecule has 2 aromatic rings. The van der Waals surface area contributed by atoms with Crippen LogP contribution in [0.15, 0.2) is 42.5 Å². The SMILES string of the molecule is Cc1ccc(CC(=O)c2ccc(C)c(F)c2)cc1. The second-order valence-electron chi connectivity index (χ2n) is 4.55. The molecule has 0 aliphatic heterocycles. The number of carbonyl (C=O) groups is 1. The number of rotatable bonds is 3. The molecule has 0 amide bonds. The van der Waals surface area contributed by atoms with Gasteiger partial charge in [-0.15, -0.1) is 0 Å². The molecule has 0 N–H and O–H groups in total. The Morgan fingerprint density at radius 2 is 1.72 bits per heavy atom. The molecule has 0 radical (unpaired) electrons. The van der Waals surface area contributed by atoms with E-state index in [2.05, 4.69) is 0 Å². The Kier molecular flexibility index (Phi) is 3.56. The van der Waals surface area contributed by atoms with E-state index in [0.717, 1.165) is 11.1 Å². The van der Waals surface area contributed by atoms with Gasteiger partial charge in [0.15, 0.2) is 5.78 Å². The summed E-state index contributed by atoms with van der Waals surface area (Å²) in [5.74, 6) is -0.387. The third-order valence-electron chi connectivity index (χ3n) is 2.98. The van der Waals surface area contributed by atoms with Crippen LogP contribution in [0.2, 0.25) is 0 Å².